The quantitative estimate of drug-likeness (QED) is 0.680. The third-order valence-corrected chi connectivity index (χ3v) is 4.39. The van der Waals surface area contributed by atoms with Crippen molar-refractivity contribution in [2.24, 2.45) is 0 Å². The van der Waals surface area contributed by atoms with E-state index >= 15 is 0 Å². The van der Waals surface area contributed by atoms with Crippen molar-refractivity contribution in [1.29, 1.82) is 0 Å². The predicted molar refractivity (Wildman–Crippen MR) is 110 cm³/mol. The molecule has 0 fully saturated rings. The second-order valence-electron chi connectivity index (χ2n) is 6.28. The van der Waals surface area contributed by atoms with Gasteiger partial charge in [-0.05, 0) is 48.9 Å². The number of hydrogen-bond acceptors (Lipinski definition) is 5. The molecule has 3 aromatic rings. The summed E-state index contributed by atoms with van der Waals surface area (Å²) in [5.74, 6) is 0.124. The molecule has 27 heavy (non-hydrogen) atoms. The van der Waals surface area contributed by atoms with Gasteiger partial charge in [0.2, 0.25) is 5.95 Å². The van der Waals surface area contributed by atoms with E-state index < -0.39 is 0 Å². The highest BCUT2D eigenvalue weighted by atomic mass is 35.5. The van der Waals surface area contributed by atoms with Gasteiger partial charge in [0.1, 0.15) is 0 Å². The van der Waals surface area contributed by atoms with E-state index in [1.54, 1.807) is 6.07 Å². The number of nitrogens with zero attached hydrogens (tertiary/aromatic N) is 3. The van der Waals surface area contributed by atoms with Crippen LogP contribution in [0.5, 0.6) is 0 Å². The largest absolute Gasteiger partial charge is 0.378 e. The van der Waals surface area contributed by atoms with Crippen LogP contribution in [-0.2, 0) is 0 Å². The maximum atomic E-state index is 12.3. The number of carbonyl (C=O) groups is 1. The van der Waals surface area contributed by atoms with Crippen molar-refractivity contribution < 1.29 is 4.79 Å². The lowest BCUT2D eigenvalue weighted by molar-refractivity contribution is 0.102. The minimum Gasteiger partial charge on any atom is -0.378 e. The maximum absolute atomic E-state index is 12.3. The molecule has 7 heteroatoms. The third-order valence-electron chi connectivity index (χ3n) is 3.98. The first-order chi connectivity index (χ1) is 12.9. The summed E-state index contributed by atoms with van der Waals surface area (Å²) < 4.78 is 0. The molecule has 0 aliphatic rings. The molecule has 1 amide bonds. The fourth-order valence-electron chi connectivity index (χ4n) is 2.36. The van der Waals surface area contributed by atoms with Crippen LogP contribution >= 0.6 is 11.6 Å². The molecule has 0 spiro atoms. The van der Waals surface area contributed by atoms with Crippen LogP contribution in [0.2, 0.25) is 5.02 Å². The van der Waals surface area contributed by atoms with E-state index in [-0.39, 0.29) is 5.91 Å². The zero-order chi connectivity index (χ0) is 19.4. The Hall–Kier alpha value is -3.12. The van der Waals surface area contributed by atoms with Crippen molar-refractivity contribution in [3.63, 3.8) is 0 Å². The van der Waals surface area contributed by atoms with Crippen LogP contribution in [0.4, 0.5) is 23.0 Å². The third kappa shape index (κ3) is 4.74. The zero-order valence-electron chi connectivity index (χ0n) is 15.3. The SMILES string of the molecule is Cc1ccc(Nc2ncc(C(=O)Nc3ccc(N(C)C)cc3)cn2)cc1Cl. The van der Waals surface area contributed by atoms with Crippen LogP contribution < -0.4 is 15.5 Å². The van der Waals surface area contributed by atoms with Gasteiger partial charge in [-0.3, -0.25) is 4.79 Å². The van der Waals surface area contributed by atoms with Crippen LogP contribution in [0, 0.1) is 6.92 Å². The van der Waals surface area contributed by atoms with Crippen LogP contribution in [-0.4, -0.2) is 30.0 Å². The second kappa shape index (κ2) is 8.05. The van der Waals surface area contributed by atoms with Gasteiger partial charge in [-0.15, -0.1) is 0 Å². The van der Waals surface area contributed by atoms with Crippen LogP contribution in [0.25, 0.3) is 0 Å². The number of aromatic nitrogens is 2. The average molecular weight is 382 g/mol. The van der Waals surface area contributed by atoms with Crippen molar-refractivity contribution in [3.8, 4) is 0 Å². The van der Waals surface area contributed by atoms with Gasteiger partial charge in [0, 0.05) is 48.6 Å². The lowest BCUT2D eigenvalue weighted by atomic mass is 10.2. The first kappa shape index (κ1) is 18.7. The van der Waals surface area contributed by atoms with Crippen molar-refractivity contribution in [1.82, 2.24) is 9.97 Å². The fraction of sp³-hybridized carbons (Fsp3) is 0.150. The van der Waals surface area contributed by atoms with E-state index in [9.17, 15) is 4.79 Å². The van der Waals surface area contributed by atoms with Crippen molar-refractivity contribution in [3.05, 3.63) is 71.0 Å². The van der Waals surface area contributed by atoms with Gasteiger partial charge in [0.15, 0.2) is 0 Å². The number of anilines is 4. The van der Waals surface area contributed by atoms with E-state index in [0.717, 1.165) is 16.9 Å². The Morgan fingerprint density at radius 2 is 1.63 bits per heavy atom. The Kier molecular flexibility index (Phi) is 5.57. The maximum Gasteiger partial charge on any atom is 0.258 e. The molecule has 0 aliphatic carbocycles. The highest BCUT2D eigenvalue weighted by Crippen LogP contribution is 2.22. The zero-order valence-corrected chi connectivity index (χ0v) is 16.1. The lowest BCUT2D eigenvalue weighted by Crippen LogP contribution is -2.13. The molecule has 2 aromatic carbocycles. The summed E-state index contributed by atoms with van der Waals surface area (Å²) in [6.45, 7) is 1.93. The van der Waals surface area contributed by atoms with Crippen LogP contribution in [0.15, 0.2) is 54.9 Å². The van der Waals surface area contributed by atoms with Gasteiger partial charge in [0.25, 0.3) is 5.91 Å². The molecule has 2 N–H and O–H groups in total. The lowest BCUT2D eigenvalue weighted by Gasteiger charge is -2.13. The Bertz CT molecular complexity index is 940. The summed E-state index contributed by atoms with van der Waals surface area (Å²) in [5.41, 5.74) is 3.92. The number of nitrogens with one attached hydrogen (secondary N) is 2. The van der Waals surface area contributed by atoms with E-state index in [1.807, 2.05) is 62.3 Å². The van der Waals surface area contributed by atoms with Crippen molar-refractivity contribution in [2.45, 2.75) is 6.92 Å². The summed E-state index contributed by atoms with van der Waals surface area (Å²) in [5, 5.41) is 6.56. The van der Waals surface area contributed by atoms with Gasteiger partial charge in [-0.1, -0.05) is 17.7 Å². The molecule has 1 heterocycles. The number of rotatable bonds is 5. The second-order valence-corrected chi connectivity index (χ2v) is 6.69. The summed E-state index contributed by atoms with van der Waals surface area (Å²) in [6, 6.07) is 13.2. The Morgan fingerprint density at radius 3 is 2.22 bits per heavy atom. The van der Waals surface area contributed by atoms with E-state index in [4.69, 9.17) is 11.6 Å². The highest BCUT2D eigenvalue weighted by Gasteiger charge is 2.08. The predicted octanol–water partition coefficient (Wildman–Crippen LogP) is 4.50. The number of amides is 1. The molecule has 1 aromatic heterocycles. The topological polar surface area (TPSA) is 70.2 Å². The smallest absolute Gasteiger partial charge is 0.258 e. The monoisotopic (exact) mass is 381 g/mol. The first-order valence-corrected chi connectivity index (χ1v) is 8.74. The standard InChI is InChI=1S/C20H20ClN5O/c1-13-4-5-16(10-18(13)21)25-20-22-11-14(12-23-20)19(27)24-15-6-8-17(9-7-15)26(2)3/h4-12H,1-3H3,(H,24,27)(H,22,23,25). The molecule has 138 valence electrons. The molecule has 0 atom stereocenters. The Labute approximate surface area is 163 Å². The van der Waals surface area contributed by atoms with Gasteiger partial charge >= 0.3 is 0 Å². The number of hydrogen-bond donors (Lipinski definition) is 2. The number of aryl methyl sites for hydroxylation is 1. The fourth-order valence-corrected chi connectivity index (χ4v) is 2.54. The number of halogens is 1. The van der Waals surface area contributed by atoms with Crippen molar-refractivity contribution >= 4 is 40.5 Å². The minimum atomic E-state index is -0.266. The summed E-state index contributed by atoms with van der Waals surface area (Å²) in [7, 11) is 3.93. The van der Waals surface area contributed by atoms with E-state index in [2.05, 4.69) is 20.6 Å². The van der Waals surface area contributed by atoms with E-state index in [0.29, 0.717) is 22.2 Å². The Morgan fingerprint density at radius 1 is 1.00 bits per heavy atom. The molecule has 6 nitrogen and oxygen atoms in total. The molecular formula is C20H20ClN5O. The van der Waals surface area contributed by atoms with Gasteiger partial charge in [0.05, 0.1) is 5.56 Å². The highest BCUT2D eigenvalue weighted by molar-refractivity contribution is 6.31. The molecule has 0 saturated carbocycles. The first-order valence-electron chi connectivity index (χ1n) is 8.36. The van der Waals surface area contributed by atoms with Crippen LogP contribution in [0.3, 0.4) is 0 Å². The molecule has 0 saturated heterocycles. The Balaban J connectivity index is 1.65. The number of benzene rings is 2. The summed E-state index contributed by atoms with van der Waals surface area (Å²) in [4.78, 5) is 22.7. The van der Waals surface area contributed by atoms with E-state index in [1.165, 1.54) is 12.4 Å². The average Bonchev–Trinajstić information content (AvgIpc) is 2.66. The molecule has 0 bridgehead atoms. The molecular weight excluding hydrogens is 362 g/mol. The molecule has 0 unspecified atom stereocenters. The number of carbonyl (C=O) groups excluding carboxylic acids is 1. The molecule has 0 aliphatic heterocycles. The van der Waals surface area contributed by atoms with Gasteiger partial charge in [-0.2, -0.15) is 0 Å². The van der Waals surface area contributed by atoms with Gasteiger partial charge in [-0.25, -0.2) is 9.97 Å². The molecule has 0 radical (unpaired) electrons. The summed E-state index contributed by atoms with van der Waals surface area (Å²) >= 11 is 6.11. The normalized spacial score (nSPS) is 10.4. The summed E-state index contributed by atoms with van der Waals surface area (Å²) in [6.07, 6.45) is 2.96. The van der Waals surface area contributed by atoms with Gasteiger partial charge < -0.3 is 15.5 Å². The molecule has 3 rings (SSSR count). The minimum absolute atomic E-state index is 0.266. The van der Waals surface area contributed by atoms with Crippen molar-refractivity contribution in [2.75, 3.05) is 29.6 Å². The van der Waals surface area contributed by atoms with Crippen LogP contribution in [0.1, 0.15) is 15.9 Å².